The molecule has 0 unspecified atom stereocenters. The summed E-state index contributed by atoms with van der Waals surface area (Å²) < 4.78 is 0. The third-order valence-corrected chi connectivity index (χ3v) is 5.79. The van der Waals surface area contributed by atoms with Crippen LogP contribution in [0.2, 0.25) is 0 Å². The number of fused-ring (bicyclic) bond motifs is 1. The van der Waals surface area contributed by atoms with Crippen LogP contribution in [-0.4, -0.2) is 50.7 Å². The lowest BCUT2D eigenvalue weighted by Gasteiger charge is -2.25. The summed E-state index contributed by atoms with van der Waals surface area (Å²) in [6.07, 6.45) is 8.26. The maximum atomic E-state index is 12.5. The minimum Gasteiger partial charge on any atom is -0.351 e. The van der Waals surface area contributed by atoms with E-state index in [9.17, 15) is 4.79 Å². The molecule has 0 aromatic carbocycles. The number of hydrogen-bond acceptors (Lipinski definition) is 7. The molecule has 8 nitrogen and oxygen atoms in total. The van der Waals surface area contributed by atoms with E-state index >= 15 is 0 Å². The Balaban J connectivity index is 1.48. The minimum atomic E-state index is -0.0382. The van der Waals surface area contributed by atoms with Crippen LogP contribution in [0.15, 0.2) is 23.8 Å². The molecule has 1 amide bonds. The second kappa shape index (κ2) is 7.01. The number of hydrogen-bond donors (Lipinski definition) is 3. The zero-order valence-corrected chi connectivity index (χ0v) is 14.6. The van der Waals surface area contributed by atoms with E-state index in [2.05, 4.69) is 25.3 Å². The predicted octanol–water partition coefficient (Wildman–Crippen LogP) is 0.991. The lowest BCUT2D eigenvalue weighted by Crippen LogP contribution is -2.37. The number of imidazole rings is 1. The number of rotatable bonds is 4. The van der Waals surface area contributed by atoms with Gasteiger partial charge in [-0.15, -0.1) is 11.8 Å². The maximum absolute atomic E-state index is 12.5. The highest BCUT2D eigenvalue weighted by molar-refractivity contribution is 8.04. The molecule has 0 bridgehead atoms. The molecule has 2 aliphatic rings. The molecule has 1 fully saturated rings. The van der Waals surface area contributed by atoms with Gasteiger partial charge < -0.3 is 20.9 Å². The van der Waals surface area contributed by atoms with Crippen LogP contribution in [0.1, 0.15) is 19.3 Å². The van der Waals surface area contributed by atoms with Crippen LogP contribution in [-0.2, 0) is 4.79 Å². The number of nitrogens with one attached hydrogen (secondary N) is 2. The number of amides is 1. The third kappa shape index (κ3) is 3.34. The van der Waals surface area contributed by atoms with E-state index < -0.39 is 0 Å². The van der Waals surface area contributed by atoms with Gasteiger partial charge in [-0.1, -0.05) is 6.42 Å². The average Bonchev–Trinajstić information content (AvgIpc) is 3.28. The van der Waals surface area contributed by atoms with Crippen molar-refractivity contribution in [3.63, 3.8) is 0 Å². The topological polar surface area (TPSA) is 113 Å². The smallest absolute Gasteiger partial charge is 0.259 e. The van der Waals surface area contributed by atoms with E-state index in [1.807, 2.05) is 11.1 Å². The van der Waals surface area contributed by atoms with Crippen LogP contribution in [0.3, 0.4) is 0 Å². The fraction of sp³-hybridized carbons (Fsp3) is 0.500. The highest BCUT2D eigenvalue weighted by Crippen LogP contribution is 2.28. The van der Waals surface area contributed by atoms with Crippen LogP contribution in [0.25, 0.3) is 11.2 Å². The molecule has 1 aliphatic heterocycles. The van der Waals surface area contributed by atoms with Crippen molar-refractivity contribution in [3.05, 3.63) is 23.8 Å². The molecule has 2 aromatic heterocycles. The molecule has 132 valence electrons. The first-order chi connectivity index (χ1) is 12.2. The summed E-state index contributed by atoms with van der Waals surface area (Å²) >= 11 is 1.57. The highest BCUT2D eigenvalue weighted by atomic mass is 32.2. The van der Waals surface area contributed by atoms with Crippen molar-refractivity contribution < 1.29 is 4.79 Å². The monoisotopic (exact) mass is 359 g/mol. The van der Waals surface area contributed by atoms with E-state index in [-0.39, 0.29) is 11.9 Å². The van der Waals surface area contributed by atoms with Gasteiger partial charge in [0.15, 0.2) is 11.5 Å². The zero-order chi connectivity index (χ0) is 17.2. The van der Waals surface area contributed by atoms with Gasteiger partial charge in [0.1, 0.15) is 11.8 Å². The van der Waals surface area contributed by atoms with Crippen molar-refractivity contribution in [3.8, 4) is 0 Å². The Bertz CT molecular complexity index is 805. The molecule has 0 saturated heterocycles. The van der Waals surface area contributed by atoms with Crippen molar-refractivity contribution >= 4 is 34.7 Å². The number of aromatic nitrogens is 4. The SMILES string of the molecule is N[C@@H]1CCC[C@H]1CNC(=O)C1=CN(c2ncnc3nc[nH]c23)CCS1. The van der Waals surface area contributed by atoms with Gasteiger partial charge in [-0.25, -0.2) is 15.0 Å². The lowest BCUT2D eigenvalue weighted by molar-refractivity contribution is -0.117. The average molecular weight is 359 g/mol. The lowest BCUT2D eigenvalue weighted by atomic mass is 10.1. The van der Waals surface area contributed by atoms with E-state index in [0.29, 0.717) is 23.0 Å². The number of carbonyl (C=O) groups excluding carboxylic acids is 1. The summed E-state index contributed by atoms with van der Waals surface area (Å²) in [7, 11) is 0. The molecule has 9 heteroatoms. The Morgan fingerprint density at radius 2 is 2.32 bits per heavy atom. The van der Waals surface area contributed by atoms with Gasteiger partial charge in [-0.05, 0) is 18.8 Å². The van der Waals surface area contributed by atoms with Crippen LogP contribution >= 0.6 is 11.8 Å². The summed E-state index contributed by atoms with van der Waals surface area (Å²) in [5.41, 5.74) is 7.48. The second-order valence-electron chi connectivity index (χ2n) is 6.40. The van der Waals surface area contributed by atoms with Crippen molar-refractivity contribution in [2.24, 2.45) is 11.7 Å². The van der Waals surface area contributed by atoms with Gasteiger partial charge in [-0.3, -0.25) is 4.79 Å². The van der Waals surface area contributed by atoms with Crippen LogP contribution < -0.4 is 16.0 Å². The van der Waals surface area contributed by atoms with Crippen molar-refractivity contribution in [1.82, 2.24) is 25.3 Å². The molecule has 2 aromatic rings. The summed E-state index contributed by atoms with van der Waals surface area (Å²) in [4.78, 5) is 30.9. The maximum Gasteiger partial charge on any atom is 0.259 e. The normalized spacial score (nSPS) is 23.7. The Hall–Kier alpha value is -2.13. The predicted molar refractivity (Wildman–Crippen MR) is 97.9 cm³/mol. The van der Waals surface area contributed by atoms with E-state index in [0.717, 1.165) is 42.9 Å². The number of nitrogens with zero attached hydrogens (tertiary/aromatic N) is 4. The summed E-state index contributed by atoms with van der Waals surface area (Å²) in [6, 6.07) is 0.208. The first kappa shape index (κ1) is 16.3. The Morgan fingerprint density at radius 3 is 3.16 bits per heavy atom. The fourth-order valence-electron chi connectivity index (χ4n) is 3.39. The Labute approximate surface area is 149 Å². The van der Waals surface area contributed by atoms with E-state index in [4.69, 9.17) is 5.73 Å². The van der Waals surface area contributed by atoms with Crippen molar-refractivity contribution in [2.45, 2.75) is 25.3 Å². The standard InChI is InChI=1S/C16H21N7OS/c17-11-3-1-2-10(11)6-18-16(24)12-7-23(4-5-25-12)15-13-14(20-8-19-13)21-9-22-15/h7-11H,1-6,17H2,(H,18,24)(H,19,20,21,22)/t10-,11+/m0/s1. The summed E-state index contributed by atoms with van der Waals surface area (Å²) in [6.45, 7) is 1.43. The number of nitrogens with two attached hydrogens (primary N) is 1. The minimum absolute atomic E-state index is 0.0382. The zero-order valence-electron chi connectivity index (χ0n) is 13.8. The van der Waals surface area contributed by atoms with Gasteiger partial charge in [0, 0.05) is 31.1 Å². The molecule has 2 atom stereocenters. The van der Waals surface area contributed by atoms with E-state index in [1.54, 1.807) is 18.1 Å². The molecule has 25 heavy (non-hydrogen) atoms. The Morgan fingerprint density at radius 1 is 1.40 bits per heavy atom. The fourth-order valence-corrected chi connectivity index (χ4v) is 4.30. The molecule has 3 heterocycles. The van der Waals surface area contributed by atoms with E-state index in [1.165, 1.54) is 6.33 Å². The molecule has 4 rings (SSSR count). The van der Waals surface area contributed by atoms with Gasteiger partial charge in [0.2, 0.25) is 0 Å². The largest absolute Gasteiger partial charge is 0.351 e. The first-order valence-corrected chi connectivity index (χ1v) is 9.50. The van der Waals surface area contributed by atoms with Crippen molar-refractivity contribution in [1.29, 1.82) is 0 Å². The van der Waals surface area contributed by atoms with Crippen LogP contribution in [0.4, 0.5) is 5.82 Å². The third-order valence-electron chi connectivity index (χ3n) is 4.80. The van der Waals surface area contributed by atoms with Crippen molar-refractivity contribution in [2.75, 3.05) is 23.7 Å². The Kier molecular flexibility index (Phi) is 4.58. The molecule has 0 spiro atoms. The van der Waals surface area contributed by atoms with Gasteiger partial charge in [0.25, 0.3) is 5.91 Å². The number of thioether (sulfide) groups is 1. The van der Waals surface area contributed by atoms with Gasteiger partial charge in [0.05, 0.1) is 11.2 Å². The second-order valence-corrected chi connectivity index (χ2v) is 7.54. The number of aromatic amines is 1. The molecule has 1 saturated carbocycles. The highest BCUT2D eigenvalue weighted by Gasteiger charge is 2.26. The first-order valence-electron chi connectivity index (χ1n) is 8.51. The van der Waals surface area contributed by atoms with Crippen LogP contribution in [0, 0.1) is 5.92 Å². The molecule has 1 aliphatic carbocycles. The quantitative estimate of drug-likeness (QED) is 0.746. The van der Waals surface area contributed by atoms with Crippen LogP contribution in [0.5, 0.6) is 0 Å². The van der Waals surface area contributed by atoms with Gasteiger partial charge in [-0.2, -0.15) is 0 Å². The molecule has 0 radical (unpaired) electrons. The molecular formula is C16H21N7OS. The van der Waals surface area contributed by atoms with Gasteiger partial charge >= 0.3 is 0 Å². The molecule has 4 N–H and O–H groups in total. The number of H-pyrrole nitrogens is 1. The number of anilines is 1. The summed E-state index contributed by atoms with van der Waals surface area (Å²) in [5.74, 6) is 1.91. The molecular weight excluding hydrogens is 338 g/mol. The number of carbonyl (C=O) groups is 1. The summed E-state index contributed by atoms with van der Waals surface area (Å²) in [5, 5.41) is 3.04.